The van der Waals surface area contributed by atoms with Gasteiger partial charge in [0.2, 0.25) is 0 Å². The number of hydrogen-bond acceptors (Lipinski definition) is 2. The van der Waals surface area contributed by atoms with E-state index in [1.807, 2.05) is 18.2 Å². The molecule has 2 atom stereocenters. The zero-order valence-corrected chi connectivity index (χ0v) is 11.1. The van der Waals surface area contributed by atoms with Crippen LogP contribution >= 0.6 is 0 Å². The first-order valence-electron chi connectivity index (χ1n) is 6.97. The summed E-state index contributed by atoms with van der Waals surface area (Å²) in [6.45, 7) is 2.26. The zero-order chi connectivity index (χ0) is 13.2. The van der Waals surface area contributed by atoms with Crippen LogP contribution in [0.4, 0.5) is 0 Å². The summed E-state index contributed by atoms with van der Waals surface area (Å²) in [6, 6.07) is 6.02. The van der Waals surface area contributed by atoms with Crippen LogP contribution in [-0.2, 0) is 0 Å². The number of aromatic nitrogens is 2. The molecular formula is C15H19N3O. The van der Waals surface area contributed by atoms with Gasteiger partial charge in [0.25, 0.3) is 5.91 Å². The molecule has 1 aromatic carbocycles. The molecule has 2 unspecified atom stereocenters. The topological polar surface area (TPSA) is 57.8 Å². The quantitative estimate of drug-likeness (QED) is 0.869. The summed E-state index contributed by atoms with van der Waals surface area (Å²) >= 11 is 0. The molecule has 4 nitrogen and oxygen atoms in total. The summed E-state index contributed by atoms with van der Waals surface area (Å²) in [6.07, 6.45) is 6.41. The third-order valence-corrected chi connectivity index (χ3v) is 3.99. The molecular weight excluding hydrogens is 238 g/mol. The van der Waals surface area contributed by atoms with Gasteiger partial charge in [-0.1, -0.05) is 31.9 Å². The van der Waals surface area contributed by atoms with E-state index < -0.39 is 0 Å². The molecule has 1 fully saturated rings. The number of carbonyl (C=O) groups is 1. The first kappa shape index (κ1) is 12.2. The molecule has 0 bridgehead atoms. The molecule has 0 radical (unpaired) electrons. The van der Waals surface area contributed by atoms with E-state index in [9.17, 15) is 4.79 Å². The molecule has 2 N–H and O–H groups in total. The van der Waals surface area contributed by atoms with Crippen molar-refractivity contribution in [2.24, 2.45) is 5.92 Å². The van der Waals surface area contributed by atoms with Gasteiger partial charge in [0, 0.05) is 11.4 Å². The number of carbonyl (C=O) groups excluding carboxylic acids is 1. The molecule has 0 aliphatic heterocycles. The average Bonchev–Trinajstić information content (AvgIpc) is 2.86. The highest BCUT2D eigenvalue weighted by molar-refractivity contribution is 6.05. The fourth-order valence-electron chi connectivity index (χ4n) is 2.99. The van der Waals surface area contributed by atoms with E-state index in [1.54, 1.807) is 6.20 Å². The Morgan fingerprint density at radius 3 is 3.16 bits per heavy atom. The Bertz CT molecular complexity index is 590. The van der Waals surface area contributed by atoms with Gasteiger partial charge in [0.15, 0.2) is 0 Å². The predicted octanol–water partition coefficient (Wildman–Crippen LogP) is 2.87. The number of amides is 1. The summed E-state index contributed by atoms with van der Waals surface area (Å²) in [5.41, 5.74) is 1.51. The van der Waals surface area contributed by atoms with Crippen molar-refractivity contribution in [1.29, 1.82) is 0 Å². The second-order valence-corrected chi connectivity index (χ2v) is 5.58. The smallest absolute Gasteiger partial charge is 0.253 e. The number of nitrogens with zero attached hydrogens (tertiary/aromatic N) is 1. The van der Waals surface area contributed by atoms with Crippen LogP contribution in [0.3, 0.4) is 0 Å². The third kappa shape index (κ3) is 2.48. The molecule has 1 aliphatic rings. The molecule has 1 aromatic heterocycles. The van der Waals surface area contributed by atoms with Crippen molar-refractivity contribution in [1.82, 2.24) is 15.5 Å². The molecule has 3 rings (SSSR count). The SMILES string of the molecule is CC1CCCC(NC(=O)c2cccc3cn[nH]c23)C1. The van der Waals surface area contributed by atoms with Crippen LogP contribution in [0.1, 0.15) is 43.0 Å². The van der Waals surface area contributed by atoms with Gasteiger partial charge in [0.05, 0.1) is 17.3 Å². The van der Waals surface area contributed by atoms with Crippen LogP contribution < -0.4 is 5.32 Å². The minimum atomic E-state index is 0.00829. The molecule has 0 saturated heterocycles. The van der Waals surface area contributed by atoms with Crippen LogP contribution in [0.15, 0.2) is 24.4 Å². The minimum absolute atomic E-state index is 0.00829. The number of aromatic amines is 1. The summed E-state index contributed by atoms with van der Waals surface area (Å²) in [4.78, 5) is 12.4. The van der Waals surface area contributed by atoms with Crippen molar-refractivity contribution in [2.75, 3.05) is 0 Å². The van der Waals surface area contributed by atoms with Gasteiger partial charge in [-0.2, -0.15) is 5.10 Å². The molecule has 100 valence electrons. The highest BCUT2D eigenvalue weighted by Gasteiger charge is 2.21. The van der Waals surface area contributed by atoms with Crippen molar-refractivity contribution in [2.45, 2.75) is 38.6 Å². The summed E-state index contributed by atoms with van der Waals surface area (Å²) in [7, 11) is 0. The fraction of sp³-hybridized carbons (Fsp3) is 0.467. The van der Waals surface area contributed by atoms with E-state index in [-0.39, 0.29) is 5.91 Å². The van der Waals surface area contributed by atoms with E-state index in [2.05, 4.69) is 22.4 Å². The van der Waals surface area contributed by atoms with E-state index >= 15 is 0 Å². The Labute approximate surface area is 112 Å². The van der Waals surface area contributed by atoms with E-state index in [0.717, 1.165) is 23.7 Å². The first-order chi connectivity index (χ1) is 9.24. The van der Waals surface area contributed by atoms with Crippen LogP contribution in [0.5, 0.6) is 0 Å². The minimum Gasteiger partial charge on any atom is -0.349 e. The number of benzene rings is 1. The second kappa shape index (κ2) is 5.03. The highest BCUT2D eigenvalue weighted by Crippen LogP contribution is 2.24. The number of hydrogen-bond donors (Lipinski definition) is 2. The summed E-state index contributed by atoms with van der Waals surface area (Å²) in [5, 5.41) is 11.0. The monoisotopic (exact) mass is 257 g/mol. The summed E-state index contributed by atoms with van der Waals surface area (Å²) in [5.74, 6) is 0.718. The van der Waals surface area contributed by atoms with E-state index in [0.29, 0.717) is 17.5 Å². The van der Waals surface area contributed by atoms with Gasteiger partial charge in [-0.15, -0.1) is 0 Å². The molecule has 1 heterocycles. The molecule has 1 saturated carbocycles. The number of H-pyrrole nitrogens is 1. The van der Waals surface area contributed by atoms with Crippen molar-refractivity contribution >= 4 is 16.8 Å². The van der Waals surface area contributed by atoms with Gasteiger partial charge in [0.1, 0.15) is 0 Å². The Kier molecular flexibility index (Phi) is 3.23. The lowest BCUT2D eigenvalue weighted by Crippen LogP contribution is -2.38. The Hall–Kier alpha value is -1.84. The van der Waals surface area contributed by atoms with Crippen LogP contribution in [0.25, 0.3) is 10.9 Å². The molecule has 4 heteroatoms. The van der Waals surface area contributed by atoms with Gasteiger partial charge in [-0.05, 0) is 24.8 Å². The lowest BCUT2D eigenvalue weighted by atomic mass is 9.87. The Balaban J connectivity index is 1.78. The number of para-hydroxylation sites is 1. The van der Waals surface area contributed by atoms with Gasteiger partial charge >= 0.3 is 0 Å². The lowest BCUT2D eigenvalue weighted by molar-refractivity contribution is 0.0923. The molecule has 1 aliphatic carbocycles. The van der Waals surface area contributed by atoms with E-state index in [1.165, 1.54) is 12.8 Å². The second-order valence-electron chi connectivity index (χ2n) is 5.58. The summed E-state index contributed by atoms with van der Waals surface area (Å²) < 4.78 is 0. The van der Waals surface area contributed by atoms with Gasteiger partial charge in [-0.3, -0.25) is 9.89 Å². The van der Waals surface area contributed by atoms with E-state index in [4.69, 9.17) is 0 Å². The van der Waals surface area contributed by atoms with Crippen LogP contribution in [0, 0.1) is 5.92 Å². The van der Waals surface area contributed by atoms with Crippen molar-refractivity contribution < 1.29 is 4.79 Å². The van der Waals surface area contributed by atoms with Crippen LogP contribution in [0.2, 0.25) is 0 Å². The molecule has 19 heavy (non-hydrogen) atoms. The fourth-order valence-corrected chi connectivity index (χ4v) is 2.99. The van der Waals surface area contributed by atoms with Crippen LogP contribution in [-0.4, -0.2) is 22.1 Å². The molecule has 0 spiro atoms. The zero-order valence-electron chi connectivity index (χ0n) is 11.1. The Morgan fingerprint density at radius 1 is 1.42 bits per heavy atom. The molecule has 1 amide bonds. The average molecular weight is 257 g/mol. The number of rotatable bonds is 2. The van der Waals surface area contributed by atoms with Crippen molar-refractivity contribution in [3.63, 3.8) is 0 Å². The largest absolute Gasteiger partial charge is 0.349 e. The highest BCUT2D eigenvalue weighted by atomic mass is 16.1. The lowest BCUT2D eigenvalue weighted by Gasteiger charge is -2.27. The Morgan fingerprint density at radius 2 is 2.32 bits per heavy atom. The third-order valence-electron chi connectivity index (χ3n) is 3.99. The maximum absolute atomic E-state index is 12.4. The maximum Gasteiger partial charge on any atom is 0.253 e. The van der Waals surface area contributed by atoms with Gasteiger partial charge < -0.3 is 5.32 Å². The normalized spacial score (nSPS) is 23.4. The first-order valence-corrected chi connectivity index (χ1v) is 6.97. The predicted molar refractivity (Wildman–Crippen MR) is 75.0 cm³/mol. The molecule has 2 aromatic rings. The number of nitrogens with one attached hydrogen (secondary N) is 2. The van der Waals surface area contributed by atoms with Crippen molar-refractivity contribution in [3.8, 4) is 0 Å². The number of fused-ring (bicyclic) bond motifs is 1. The standard InChI is InChI=1S/C15H19N3O/c1-10-4-2-6-12(8-10)17-15(19)13-7-3-5-11-9-16-18-14(11)13/h3,5,7,9-10,12H,2,4,6,8H2,1H3,(H,16,18)(H,17,19). The van der Waals surface area contributed by atoms with Gasteiger partial charge in [-0.25, -0.2) is 0 Å². The van der Waals surface area contributed by atoms with Crippen molar-refractivity contribution in [3.05, 3.63) is 30.0 Å². The maximum atomic E-state index is 12.4.